The third-order valence-corrected chi connectivity index (χ3v) is 3.87. The molecule has 0 spiro atoms. The molecule has 2 aromatic rings. The van der Waals surface area contributed by atoms with Crippen LogP contribution < -0.4 is 10.0 Å². The lowest BCUT2D eigenvalue weighted by Gasteiger charge is -2.17. The highest BCUT2D eigenvalue weighted by Gasteiger charge is 2.30. The summed E-state index contributed by atoms with van der Waals surface area (Å²) in [4.78, 5) is 25.8. The van der Waals surface area contributed by atoms with Crippen molar-refractivity contribution in [1.82, 2.24) is 10.2 Å². The van der Waals surface area contributed by atoms with E-state index in [1.165, 1.54) is 36.7 Å². The summed E-state index contributed by atoms with van der Waals surface area (Å²) < 4.78 is 13.5. The fraction of sp³-hybridized carbons (Fsp3) is 0.235. The monoisotopic (exact) mass is 329 g/mol. The number of rotatable bonds is 4. The highest BCUT2D eigenvalue weighted by Crippen LogP contribution is 2.16. The Morgan fingerprint density at radius 1 is 1.33 bits per heavy atom. The van der Waals surface area contributed by atoms with Gasteiger partial charge in [-0.3, -0.25) is 9.59 Å². The summed E-state index contributed by atoms with van der Waals surface area (Å²) in [6.07, 6.45) is 2.68. The molecule has 1 aliphatic heterocycles. The van der Waals surface area contributed by atoms with E-state index in [0.717, 1.165) is 5.56 Å². The predicted molar refractivity (Wildman–Crippen MR) is 83.1 cm³/mol. The Balaban J connectivity index is 1.60. The molecule has 1 atom stereocenters. The van der Waals surface area contributed by atoms with E-state index in [9.17, 15) is 19.2 Å². The highest BCUT2D eigenvalue weighted by molar-refractivity contribution is 5.94. The molecule has 6 nitrogen and oxygen atoms in total. The summed E-state index contributed by atoms with van der Waals surface area (Å²) in [6, 6.07) is 8.67. The van der Waals surface area contributed by atoms with E-state index in [1.807, 2.05) is 0 Å². The second kappa shape index (κ2) is 6.66. The number of carbonyl (C=O) groups excluding carboxylic acids is 2. The maximum absolute atomic E-state index is 12.9. The van der Waals surface area contributed by atoms with Crippen molar-refractivity contribution in [3.63, 3.8) is 0 Å². The van der Waals surface area contributed by atoms with E-state index in [1.54, 1.807) is 17.0 Å². The van der Waals surface area contributed by atoms with Gasteiger partial charge in [-0.1, -0.05) is 12.1 Å². The maximum atomic E-state index is 12.9. The van der Waals surface area contributed by atoms with Crippen LogP contribution in [0.2, 0.25) is 0 Å². The van der Waals surface area contributed by atoms with Gasteiger partial charge in [-0.2, -0.15) is 4.73 Å². The van der Waals surface area contributed by atoms with Crippen molar-refractivity contribution in [2.75, 3.05) is 6.54 Å². The number of amides is 2. The molecule has 2 amide bonds. The quantitative estimate of drug-likeness (QED) is 0.671. The molecular weight excluding hydrogens is 313 g/mol. The minimum atomic E-state index is -0.387. The lowest BCUT2D eigenvalue weighted by Crippen LogP contribution is -2.38. The number of nitrogens with one attached hydrogen (secondary N) is 1. The van der Waals surface area contributed by atoms with Crippen molar-refractivity contribution in [2.24, 2.45) is 0 Å². The molecule has 2 heterocycles. The van der Waals surface area contributed by atoms with Gasteiger partial charge in [-0.25, -0.2) is 4.39 Å². The molecular formula is C17H16FN3O3. The molecule has 7 heteroatoms. The summed E-state index contributed by atoms with van der Waals surface area (Å²) in [5.41, 5.74) is 1.07. The molecule has 1 fully saturated rings. The fourth-order valence-electron chi connectivity index (χ4n) is 2.69. The van der Waals surface area contributed by atoms with Crippen molar-refractivity contribution in [1.29, 1.82) is 0 Å². The molecule has 24 heavy (non-hydrogen) atoms. The number of pyridine rings is 1. The molecule has 0 bridgehead atoms. The zero-order valence-corrected chi connectivity index (χ0v) is 12.8. The van der Waals surface area contributed by atoms with Crippen molar-refractivity contribution in [3.05, 3.63) is 70.9 Å². The molecule has 0 unspecified atom stereocenters. The van der Waals surface area contributed by atoms with E-state index in [4.69, 9.17) is 0 Å². The van der Waals surface area contributed by atoms with Crippen molar-refractivity contribution < 1.29 is 18.7 Å². The summed E-state index contributed by atoms with van der Waals surface area (Å²) >= 11 is 0. The van der Waals surface area contributed by atoms with Crippen LogP contribution in [0.5, 0.6) is 0 Å². The fourth-order valence-corrected chi connectivity index (χ4v) is 2.69. The van der Waals surface area contributed by atoms with Gasteiger partial charge in [0, 0.05) is 25.6 Å². The van der Waals surface area contributed by atoms with Crippen LogP contribution in [0, 0.1) is 11.0 Å². The van der Waals surface area contributed by atoms with Gasteiger partial charge >= 0.3 is 0 Å². The topological polar surface area (TPSA) is 76.4 Å². The van der Waals surface area contributed by atoms with Crippen LogP contribution in [0.25, 0.3) is 0 Å². The third-order valence-electron chi connectivity index (χ3n) is 3.87. The summed E-state index contributed by atoms with van der Waals surface area (Å²) in [7, 11) is 0. The Morgan fingerprint density at radius 3 is 2.79 bits per heavy atom. The minimum absolute atomic E-state index is 0.0726. The zero-order valence-electron chi connectivity index (χ0n) is 12.8. The average Bonchev–Trinajstić information content (AvgIpc) is 2.89. The standard InChI is InChI=1S/C17H16FN3O3/c18-14-5-3-12(4-6-14)9-20-11-15(8-16(20)22)19-17(23)13-2-1-7-21(24)10-13/h1-7,10,15H,8-9,11H2,(H,19,23)/t15-/m1/s1. The van der Waals surface area contributed by atoms with Gasteiger partial charge in [0.15, 0.2) is 12.4 Å². The normalized spacial score (nSPS) is 17.1. The van der Waals surface area contributed by atoms with E-state index < -0.39 is 0 Å². The SMILES string of the molecule is O=C(N[C@@H]1CC(=O)N(Cc2ccc(F)cc2)C1)c1ccc[n+]([O-])c1. The number of hydrogen-bond donors (Lipinski definition) is 1. The number of hydrogen-bond acceptors (Lipinski definition) is 3. The van der Waals surface area contributed by atoms with Gasteiger partial charge in [-0.05, 0) is 23.8 Å². The van der Waals surface area contributed by atoms with E-state index in [-0.39, 0.29) is 35.7 Å². The number of carbonyl (C=O) groups is 2. The first kappa shape index (κ1) is 15.9. The van der Waals surface area contributed by atoms with Crippen LogP contribution in [0.15, 0.2) is 48.8 Å². The van der Waals surface area contributed by atoms with E-state index in [0.29, 0.717) is 17.8 Å². The second-order valence-corrected chi connectivity index (χ2v) is 5.73. The molecule has 1 N–H and O–H groups in total. The van der Waals surface area contributed by atoms with Crippen LogP contribution in [0.1, 0.15) is 22.3 Å². The van der Waals surface area contributed by atoms with Gasteiger partial charge in [0.2, 0.25) is 5.91 Å². The van der Waals surface area contributed by atoms with Gasteiger partial charge in [0.05, 0.1) is 6.04 Å². The van der Waals surface area contributed by atoms with Crippen LogP contribution in [0.4, 0.5) is 4.39 Å². The zero-order chi connectivity index (χ0) is 17.1. The van der Waals surface area contributed by atoms with Crippen LogP contribution in [0.3, 0.4) is 0 Å². The molecule has 0 saturated carbocycles. The maximum Gasteiger partial charge on any atom is 0.257 e. The van der Waals surface area contributed by atoms with Gasteiger partial charge in [-0.15, -0.1) is 0 Å². The highest BCUT2D eigenvalue weighted by atomic mass is 19.1. The van der Waals surface area contributed by atoms with Gasteiger partial charge in [0.25, 0.3) is 5.91 Å². The molecule has 0 aliphatic carbocycles. The first-order valence-corrected chi connectivity index (χ1v) is 7.53. The predicted octanol–water partition coefficient (Wildman–Crippen LogP) is 0.990. The van der Waals surface area contributed by atoms with Crippen LogP contribution >= 0.6 is 0 Å². The largest absolute Gasteiger partial charge is 0.619 e. The first-order valence-electron chi connectivity index (χ1n) is 7.53. The Bertz CT molecular complexity index is 764. The number of likely N-dealkylation sites (tertiary alicyclic amines) is 1. The van der Waals surface area contributed by atoms with Crippen molar-refractivity contribution >= 4 is 11.8 Å². The third kappa shape index (κ3) is 3.68. The second-order valence-electron chi connectivity index (χ2n) is 5.73. The lowest BCUT2D eigenvalue weighted by molar-refractivity contribution is -0.605. The lowest BCUT2D eigenvalue weighted by atomic mass is 10.2. The molecule has 1 aliphatic rings. The average molecular weight is 329 g/mol. The number of benzene rings is 1. The number of halogens is 1. The summed E-state index contributed by atoms with van der Waals surface area (Å²) in [6.45, 7) is 0.754. The number of nitrogens with zero attached hydrogens (tertiary/aromatic N) is 2. The molecule has 3 rings (SSSR count). The summed E-state index contributed by atoms with van der Waals surface area (Å²) in [5, 5.41) is 14.0. The van der Waals surface area contributed by atoms with Crippen LogP contribution in [-0.2, 0) is 11.3 Å². The first-order chi connectivity index (χ1) is 11.5. The van der Waals surface area contributed by atoms with Crippen molar-refractivity contribution in [2.45, 2.75) is 19.0 Å². The Hall–Kier alpha value is -2.96. The smallest absolute Gasteiger partial charge is 0.257 e. The molecule has 0 radical (unpaired) electrons. The van der Waals surface area contributed by atoms with Crippen LogP contribution in [-0.4, -0.2) is 29.3 Å². The Morgan fingerprint density at radius 2 is 2.08 bits per heavy atom. The molecule has 1 aromatic heterocycles. The van der Waals surface area contributed by atoms with E-state index in [2.05, 4.69) is 5.32 Å². The molecule has 1 aromatic carbocycles. The minimum Gasteiger partial charge on any atom is -0.619 e. The van der Waals surface area contributed by atoms with Crippen molar-refractivity contribution in [3.8, 4) is 0 Å². The number of aromatic nitrogens is 1. The van der Waals surface area contributed by atoms with Gasteiger partial charge < -0.3 is 15.4 Å². The summed E-state index contributed by atoms with van der Waals surface area (Å²) in [5.74, 6) is -0.784. The Labute approximate surface area is 138 Å². The van der Waals surface area contributed by atoms with E-state index >= 15 is 0 Å². The Kier molecular flexibility index (Phi) is 4.41. The van der Waals surface area contributed by atoms with Gasteiger partial charge in [0.1, 0.15) is 11.4 Å². The molecule has 1 saturated heterocycles. The molecule has 124 valence electrons.